The van der Waals surface area contributed by atoms with Gasteiger partial charge in [-0.2, -0.15) is 0 Å². The van der Waals surface area contributed by atoms with Crippen LogP contribution in [0.2, 0.25) is 0 Å². The lowest BCUT2D eigenvalue weighted by Gasteiger charge is -2.38. The summed E-state index contributed by atoms with van der Waals surface area (Å²) >= 11 is 0. The van der Waals surface area contributed by atoms with Crippen molar-refractivity contribution in [3.8, 4) is 0 Å². The van der Waals surface area contributed by atoms with Crippen molar-refractivity contribution < 1.29 is 0 Å². The van der Waals surface area contributed by atoms with Gasteiger partial charge in [0.15, 0.2) is 0 Å². The topological polar surface area (TPSA) is 21.1 Å². The van der Waals surface area contributed by atoms with E-state index in [0.29, 0.717) is 5.41 Å². The molecule has 0 unspecified atom stereocenters. The number of aromatic nitrogens is 2. The van der Waals surface area contributed by atoms with Crippen molar-refractivity contribution in [2.45, 2.75) is 40.2 Å². The third kappa shape index (κ3) is 3.09. The predicted octanol–water partition coefficient (Wildman–Crippen LogP) is 2.68. The molecule has 3 nitrogen and oxygen atoms in total. The molecule has 0 aliphatic carbocycles. The molecule has 0 saturated carbocycles. The zero-order chi connectivity index (χ0) is 12.5. The summed E-state index contributed by atoms with van der Waals surface area (Å²) in [7, 11) is 2.07. The summed E-state index contributed by atoms with van der Waals surface area (Å²) in [4.78, 5) is 6.93. The number of aryl methyl sites for hydroxylation is 1. The molecule has 1 aliphatic rings. The number of imidazole rings is 1. The minimum atomic E-state index is 0.468. The molecule has 1 aromatic rings. The fourth-order valence-electron chi connectivity index (χ4n) is 2.71. The molecule has 3 heteroatoms. The first kappa shape index (κ1) is 12.6. The minimum absolute atomic E-state index is 0.468. The van der Waals surface area contributed by atoms with Gasteiger partial charge in [0, 0.05) is 19.4 Å². The molecule has 1 aliphatic heterocycles. The van der Waals surface area contributed by atoms with Gasteiger partial charge in [-0.05, 0) is 37.3 Å². The number of nitrogens with zero attached hydrogens (tertiary/aromatic N) is 3. The first-order chi connectivity index (χ1) is 7.97. The first-order valence-electron chi connectivity index (χ1n) is 6.65. The van der Waals surface area contributed by atoms with Crippen LogP contribution in [0, 0.1) is 11.3 Å². The van der Waals surface area contributed by atoms with Gasteiger partial charge in [0.05, 0.1) is 6.54 Å². The molecule has 1 aromatic heterocycles. The van der Waals surface area contributed by atoms with Crippen LogP contribution in [0.25, 0.3) is 0 Å². The normalized spacial score (nSPS) is 19.8. The quantitative estimate of drug-likeness (QED) is 0.786. The average molecular weight is 235 g/mol. The molecule has 0 bridgehead atoms. The zero-order valence-corrected chi connectivity index (χ0v) is 11.6. The summed E-state index contributed by atoms with van der Waals surface area (Å²) in [5.74, 6) is 2.05. The molecule has 0 radical (unpaired) electrons. The summed E-state index contributed by atoms with van der Waals surface area (Å²) < 4.78 is 2.12. The minimum Gasteiger partial charge on any atom is -0.337 e. The zero-order valence-electron chi connectivity index (χ0n) is 11.6. The van der Waals surface area contributed by atoms with Crippen molar-refractivity contribution in [3.63, 3.8) is 0 Å². The fraction of sp³-hybridized carbons (Fsp3) is 0.786. The molecular weight excluding hydrogens is 210 g/mol. The third-order valence-corrected chi connectivity index (χ3v) is 4.10. The average Bonchev–Trinajstić information content (AvgIpc) is 2.64. The van der Waals surface area contributed by atoms with Crippen molar-refractivity contribution in [3.05, 3.63) is 18.2 Å². The maximum absolute atomic E-state index is 4.40. The van der Waals surface area contributed by atoms with Gasteiger partial charge >= 0.3 is 0 Å². The van der Waals surface area contributed by atoms with Crippen LogP contribution in [0.1, 0.15) is 39.4 Å². The lowest BCUT2D eigenvalue weighted by Crippen LogP contribution is -2.38. The Morgan fingerprint density at radius 3 is 2.41 bits per heavy atom. The Morgan fingerprint density at radius 1 is 1.29 bits per heavy atom. The molecule has 0 atom stereocenters. The van der Waals surface area contributed by atoms with Crippen LogP contribution in [0.5, 0.6) is 0 Å². The Labute approximate surface area is 105 Å². The van der Waals surface area contributed by atoms with Crippen molar-refractivity contribution >= 4 is 0 Å². The Hall–Kier alpha value is -0.830. The number of likely N-dealkylation sites (tertiary alicyclic amines) is 1. The maximum atomic E-state index is 4.40. The lowest BCUT2D eigenvalue weighted by atomic mass is 9.75. The number of rotatable bonds is 2. The van der Waals surface area contributed by atoms with Crippen LogP contribution in [-0.4, -0.2) is 27.5 Å². The molecule has 2 rings (SSSR count). The van der Waals surface area contributed by atoms with Crippen LogP contribution in [0.4, 0.5) is 0 Å². The van der Waals surface area contributed by atoms with E-state index in [2.05, 4.69) is 42.3 Å². The molecule has 0 aromatic carbocycles. The number of hydrogen-bond acceptors (Lipinski definition) is 2. The van der Waals surface area contributed by atoms with Gasteiger partial charge in [-0.3, -0.25) is 4.90 Å². The Kier molecular flexibility index (Phi) is 3.57. The van der Waals surface area contributed by atoms with Crippen LogP contribution >= 0.6 is 0 Å². The van der Waals surface area contributed by atoms with Gasteiger partial charge in [0.2, 0.25) is 0 Å². The molecule has 1 fully saturated rings. The summed E-state index contributed by atoms with van der Waals surface area (Å²) in [5, 5.41) is 0. The molecule has 96 valence electrons. The highest BCUT2D eigenvalue weighted by molar-refractivity contribution is 4.92. The predicted molar refractivity (Wildman–Crippen MR) is 70.7 cm³/mol. The van der Waals surface area contributed by atoms with Crippen molar-refractivity contribution in [1.29, 1.82) is 0 Å². The Morgan fingerprint density at radius 2 is 1.94 bits per heavy atom. The molecule has 0 spiro atoms. The highest BCUT2D eigenvalue weighted by Gasteiger charge is 2.28. The van der Waals surface area contributed by atoms with Gasteiger partial charge in [-0.25, -0.2) is 4.98 Å². The Bertz CT molecular complexity index is 354. The molecule has 17 heavy (non-hydrogen) atoms. The van der Waals surface area contributed by atoms with Crippen LogP contribution in [0.3, 0.4) is 0 Å². The van der Waals surface area contributed by atoms with E-state index < -0.39 is 0 Å². The number of hydrogen-bond donors (Lipinski definition) is 0. The third-order valence-electron chi connectivity index (χ3n) is 4.10. The largest absolute Gasteiger partial charge is 0.337 e. The van der Waals surface area contributed by atoms with Crippen molar-refractivity contribution in [2.24, 2.45) is 18.4 Å². The van der Waals surface area contributed by atoms with Crippen LogP contribution < -0.4 is 0 Å². The first-order valence-corrected chi connectivity index (χ1v) is 6.65. The Balaban J connectivity index is 1.86. The van der Waals surface area contributed by atoms with Gasteiger partial charge < -0.3 is 4.57 Å². The second-order valence-corrected chi connectivity index (χ2v) is 6.37. The highest BCUT2D eigenvalue weighted by Crippen LogP contribution is 2.34. The van der Waals surface area contributed by atoms with E-state index in [4.69, 9.17) is 0 Å². The monoisotopic (exact) mass is 235 g/mol. The van der Waals surface area contributed by atoms with Crippen LogP contribution in [-0.2, 0) is 13.6 Å². The summed E-state index contributed by atoms with van der Waals surface area (Å²) in [6.45, 7) is 10.5. The van der Waals surface area contributed by atoms with Gasteiger partial charge in [0.25, 0.3) is 0 Å². The van der Waals surface area contributed by atoms with E-state index in [-0.39, 0.29) is 0 Å². The SMILES string of the molecule is Cn1ccnc1CN1CCC(C(C)(C)C)CC1. The van der Waals surface area contributed by atoms with E-state index in [1.165, 1.54) is 31.8 Å². The highest BCUT2D eigenvalue weighted by atomic mass is 15.2. The molecule has 0 amide bonds. The molecule has 1 saturated heterocycles. The van der Waals surface area contributed by atoms with E-state index in [1.54, 1.807) is 0 Å². The van der Waals surface area contributed by atoms with Gasteiger partial charge in [-0.15, -0.1) is 0 Å². The lowest BCUT2D eigenvalue weighted by molar-refractivity contribution is 0.106. The molecular formula is C14H25N3. The van der Waals surface area contributed by atoms with E-state index in [9.17, 15) is 0 Å². The van der Waals surface area contributed by atoms with E-state index in [1.807, 2.05) is 12.4 Å². The van der Waals surface area contributed by atoms with Crippen molar-refractivity contribution in [1.82, 2.24) is 14.5 Å². The standard InChI is InChI=1S/C14H25N3/c1-14(2,3)12-5-8-17(9-6-12)11-13-15-7-10-16(13)4/h7,10,12H,5-6,8-9,11H2,1-4H3. The molecule has 0 N–H and O–H groups in total. The number of piperidine rings is 1. The van der Waals surface area contributed by atoms with Gasteiger partial charge in [-0.1, -0.05) is 20.8 Å². The second kappa shape index (κ2) is 4.81. The molecule has 2 heterocycles. The summed E-state index contributed by atoms with van der Waals surface area (Å²) in [6.07, 6.45) is 6.57. The van der Waals surface area contributed by atoms with E-state index in [0.717, 1.165) is 12.5 Å². The maximum Gasteiger partial charge on any atom is 0.122 e. The second-order valence-electron chi connectivity index (χ2n) is 6.37. The summed E-state index contributed by atoms with van der Waals surface area (Å²) in [6, 6.07) is 0. The smallest absolute Gasteiger partial charge is 0.122 e. The fourth-order valence-corrected chi connectivity index (χ4v) is 2.71. The van der Waals surface area contributed by atoms with Crippen LogP contribution in [0.15, 0.2) is 12.4 Å². The van der Waals surface area contributed by atoms with Crippen molar-refractivity contribution in [2.75, 3.05) is 13.1 Å². The summed E-state index contributed by atoms with van der Waals surface area (Å²) in [5.41, 5.74) is 0.468. The van der Waals surface area contributed by atoms with Gasteiger partial charge in [0.1, 0.15) is 5.82 Å². The van der Waals surface area contributed by atoms with E-state index >= 15 is 0 Å².